The van der Waals surface area contributed by atoms with Crippen LogP contribution in [0.5, 0.6) is 0 Å². The summed E-state index contributed by atoms with van der Waals surface area (Å²) < 4.78 is 0. The maximum absolute atomic E-state index is 2.59. The monoisotopic (exact) mass is 789 g/mol. The zero-order valence-electron chi connectivity index (χ0n) is 34.5. The van der Waals surface area contributed by atoms with Crippen molar-refractivity contribution in [3.8, 4) is 44.5 Å². The minimum absolute atomic E-state index is 0.453. The maximum Gasteiger partial charge on any atom is 0.0726 e. The Morgan fingerprint density at radius 1 is 0.339 bits per heavy atom. The molecule has 0 saturated carbocycles. The number of anilines is 3. The summed E-state index contributed by atoms with van der Waals surface area (Å²) in [5.41, 5.74) is 21.8. The molecule has 62 heavy (non-hydrogen) atoms. The SMILES string of the molecule is c1ccc(N(c2ccc(-c3cc4ccccc4c4ccccc34)cc2)c2cc3c(cc2-c2cccc4c2CCCC4)-c2ccccc2C32c3ccccc3-c3ccccc32)cc1. The number of para-hydroxylation sites is 1. The number of aryl methyl sites for hydroxylation is 1. The van der Waals surface area contributed by atoms with E-state index >= 15 is 0 Å². The first kappa shape index (κ1) is 35.3. The Kier molecular flexibility index (Phi) is 7.84. The Labute approximate surface area is 363 Å². The second-order valence-electron chi connectivity index (χ2n) is 17.4. The molecule has 10 aromatic rings. The van der Waals surface area contributed by atoms with Gasteiger partial charge < -0.3 is 4.90 Å². The molecule has 1 spiro atoms. The number of hydrogen-bond acceptors (Lipinski definition) is 1. The molecule has 0 heterocycles. The van der Waals surface area contributed by atoms with Crippen LogP contribution < -0.4 is 4.90 Å². The van der Waals surface area contributed by atoms with Crippen LogP contribution in [0.15, 0.2) is 212 Å². The van der Waals surface area contributed by atoms with Crippen molar-refractivity contribution in [2.24, 2.45) is 0 Å². The summed E-state index contributed by atoms with van der Waals surface area (Å²) in [6.07, 6.45) is 4.70. The number of hydrogen-bond donors (Lipinski definition) is 0. The van der Waals surface area contributed by atoms with Crippen molar-refractivity contribution in [2.45, 2.75) is 31.1 Å². The molecule has 0 atom stereocenters. The van der Waals surface area contributed by atoms with Gasteiger partial charge in [0.05, 0.1) is 11.1 Å². The van der Waals surface area contributed by atoms with Gasteiger partial charge >= 0.3 is 0 Å². The van der Waals surface area contributed by atoms with Crippen LogP contribution in [0.4, 0.5) is 17.1 Å². The molecule has 0 aliphatic heterocycles. The zero-order valence-corrected chi connectivity index (χ0v) is 34.5. The zero-order chi connectivity index (χ0) is 40.8. The summed E-state index contributed by atoms with van der Waals surface area (Å²) in [5.74, 6) is 0. The van der Waals surface area contributed by atoms with Crippen molar-refractivity contribution in [3.63, 3.8) is 0 Å². The minimum Gasteiger partial charge on any atom is -0.310 e. The number of rotatable bonds is 5. The summed E-state index contributed by atoms with van der Waals surface area (Å²) in [6.45, 7) is 0. The number of nitrogens with zero attached hydrogens (tertiary/aromatic N) is 1. The second-order valence-corrected chi connectivity index (χ2v) is 17.4. The number of benzene rings is 10. The van der Waals surface area contributed by atoms with E-state index in [0.29, 0.717) is 0 Å². The molecule has 0 N–H and O–H groups in total. The topological polar surface area (TPSA) is 3.24 Å². The maximum atomic E-state index is 2.59. The molecule has 10 aromatic carbocycles. The largest absolute Gasteiger partial charge is 0.310 e. The lowest BCUT2D eigenvalue weighted by molar-refractivity contribution is 0.687. The van der Waals surface area contributed by atoms with Crippen molar-refractivity contribution in [1.82, 2.24) is 0 Å². The molecule has 292 valence electrons. The first-order valence-corrected chi connectivity index (χ1v) is 22.2. The van der Waals surface area contributed by atoms with Gasteiger partial charge in [0.2, 0.25) is 0 Å². The van der Waals surface area contributed by atoms with Gasteiger partial charge in [0, 0.05) is 16.9 Å². The van der Waals surface area contributed by atoms with Gasteiger partial charge in [0.15, 0.2) is 0 Å². The predicted octanol–water partition coefficient (Wildman–Crippen LogP) is 16.0. The molecule has 3 aliphatic rings. The molecule has 0 unspecified atom stereocenters. The summed E-state index contributed by atoms with van der Waals surface area (Å²) in [6, 6.07) is 80.1. The Hall–Kier alpha value is -7.48. The van der Waals surface area contributed by atoms with Crippen molar-refractivity contribution < 1.29 is 0 Å². The molecule has 3 aliphatic carbocycles. The van der Waals surface area contributed by atoms with Gasteiger partial charge in [-0.2, -0.15) is 0 Å². The molecule has 0 fully saturated rings. The van der Waals surface area contributed by atoms with Crippen LogP contribution >= 0.6 is 0 Å². The Morgan fingerprint density at radius 2 is 0.903 bits per heavy atom. The molecule has 0 saturated heterocycles. The fourth-order valence-electron chi connectivity index (χ4n) is 11.6. The minimum atomic E-state index is -0.453. The quantitative estimate of drug-likeness (QED) is 0.157. The molecular formula is C61H43N. The fourth-order valence-corrected chi connectivity index (χ4v) is 11.6. The van der Waals surface area contributed by atoms with Gasteiger partial charge in [0.1, 0.15) is 0 Å². The van der Waals surface area contributed by atoms with Crippen LogP contribution in [0.25, 0.3) is 66.1 Å². The van der Waals surface area contributed by atoms with Crippen molar-refractivity contribution in [3.05, 3.63) is 246 Å². The lowest BCUT2D eigenvalue weighted by Crippen LogP contribution is -2.26. The van der Waals surface area contributed by atoms with Gasteiger partial charge in [-0.3, -0.25) is 0 Å². The van der Waals surface area contributed by atoms with Crippen LogP contribution in [0.1, 0.15) is 46.2 Å². The third-order valence-corrected chi connectivity index (χ3v) is 14.3. The second kappa shape index (κ2) is 13.8. The van der Waals surface area contributed by atoms with Crippen LogP contribution in [-0.2, 0) is 18.3 Å². The highest BCUT2D eigenvalue weighted by molar-refractivity contribution is 6.14. The lowest BCUT2D eigenvalue weighted by Gasteiger charge is -2.34. The van der Waals surface area contributed by atoms with Crippen LogP contribution in [0.2, 0.25) is 0 Å². The van der Waals surface area contributed by atoms with E-state index in [1.54, 1.807) is 0 Å². The smallest absolute Gasteiger partial charge is 0.0726 e. The Morgan fingerprint density at radius 3 is 1.63 bits per heavy atom. The van der Waals surface area contributed by atoms with E-state index in [1.165, 1.54) is 118 Å². The van der Waals surface area contributed by atoms with Gasteiger partial charge in [-0.05, 0) is 162 Å². The van der Waals surface area contributed by atoms with E-state index < -0.39 is 5.41 Å². The van der Waals surface area contributed by atoms with Gasteiger partial charge in [-0.15, -0.1) is 0 Å². The molecule has 0 aromatic heterocycles. The summed E-state index contributed by atoms with van der Waals surface area (Å²) in [5, 5.41) is 5.11. The molecule has 0 bridgehead atoms. The van der Waals surface area contributed by atoms with Crippen LogP contribution in [0.3, 0.4) is 0 Å². The van der Waals surface area contributed by atoms with Crippen LogP contribution in [0, 0.1) is 0 Å². The Bertz CT molecular complexity index is 3370. The Balaban J connectivity index is 1.09. The predicted molar refractivity (Wildman–Crippen MR) is 260 cm³/mol. The first-order chi connectivity index (χ1) is 30.8. The normalized spacial score (nSPS) is 14.0. The highest BCUT2D eigenvalue weighted by atomic mass is 15.1. The third kappa shape index (κ3) is 5.03. The average Bonchev–Trinajstić information content (AvgIpc) is 3.81. The molecule has 0 radical (unpaired) electrons. The standard InChI is InChI=1S/C61H43N/c1-2-20-43(21-3-1)62(44-35-33-41(34-36-44)53-37-42-18-5-7-23-46(42)47-24-8-9-25-49(47)53)60-39-59-54(38-55(60)48-29-16-19-40-17-4-6-22-45(40)48)52-28-12-15-32-58(52)61(59)56-30-13-10-26-50(56)51-27-11-14-31-57(51)61/h1-3,5,7-16,18-21,23-39H,4,6,17,22H2. The highest BCUT2D eigenvalue weighted by Gasteiger charge is 2.52. The summed E-state index contributed by atoms with van der Waals surface area (Å²) in [7, 11) is 0. The summed E-state index contributed by atoms with van der Waals surface area (Å²) in [4.78, 5) is 2.53. The molecular weight excluding hydrogens is 747 g/mol. The van der Waals surface area contributed by atoms with Crippen LogP contribution in [-0.4, -0.2) is 0 Å². The van der Waals surface area contributed by atoms with Gasteiger partial charge in [0.25, 0.3) is 0 Å². The van der Waals surface area contributed by atoms with E-state index in [-0.39, 0.29) is 0 Å². The molecule has 1 nitrogen and oxygen atoms in total. The fraction of sp³-hybridized carbons (Fsp3) is 0.0820. The van der Waals surface area contributed by atoms with Crippen molar-refractivity contribution >= 4 is 38.6 Å². The third-order valence-electron chi connectivity index (χ3n) is 14.3. The van der Waals surface area contributed by atoms with E-state index in [9.17, 15) is 0 Å². The van der Waals surface area contributed by atoms with Crippen molar-refractivity contribution in [2.75, 3.05) is 4.90 Å². The van der Waals surface area contributed by atoms with E-state index in [0.717, 1.165) is 24.2 Å². The molecule has 0 amide bonds. The van der Waals surface area contributed by atoms with Crippen molar-refractivity contribution in [1.29, 1.82) is 0 Å². The lowest BCUT2D eigenvalue weighted by atomic mass is 9.70. The van der Waals surface area contributed by atoms with Gasteiger partial charge in [-0.1, -0.05) is 170 Å². The van der Waals surface area contributed by atoms with E-state index in [1.807, 2.05) is 0 Å². The average molecular weight is 790 g/mol. The molecule has 1 heteroatoms. The molecule has 13 rings (SSSR count). The number of fused-ring (bicyclic) bond motifs is 14. The van der Waals surface area contributed by atoms with E-state index in [4.69, 9.17) is 0 Å². The first-order valence-electron chi connectivity index (χ1n) is 22.2. The van der Waals surface area contributed by atoms with Gasteiger partial charge in [-0.25, -0.2) is 0 Å². The van der Waals surface area contributed by atoms with E-state index in [2.05, 4.69) is 217 Å². The summed E-state index contributed by atoms with van der Waals surface area (Å²) >= 11 is 0. The highest BCUT2D eigenvalue weighted by Crippen LogP contribution is 2.64.